The van der Waals surface area contributed by atoms with Gasteiger partial charge in [0.05, 0.1) is 24.3 Å². The molecule has 3 heteroatoms. The van der Waals surface area contributed by atoms with Gasteiger partial charge in [0.2, 0.25) is 0 Å². The van der Waals surface area contributed by atoms with Crippen molar-refractivity contribution in [1.82, 2.24) is 9.55 Å². The molecule has 27 heavy (non-hydrogen) atoms. The molecule has 3 aliphatic rings. The van der Waals surface area contributed by atoms with E-state index in [4.69, 9.17) is 0 Å². The summed E-state index contributed by atoms with van der Waals surface area (Å²) in [4.78, 5) is 4.38. The van der Waals surface area contributed by atoms with E-state index in [9.17, 15) is 5.11 Å². The maximum atomic E-state index is 11.5. The van der Waals surface area contributed by atoms with E-state index in [1.807, 2.05) is 24.7 Å². The first-order valence-electron chi connectivity index (χ1n) is 10.8. The first-order chi connectivity index (χ1) is 13.1. The lowest BCUT2D eigenvalue weighted by molar-refractivity contribution is -0.0623. The maximum Gasteiger partial charge on any atom is 0.0953 e. The normalized spacial score (nSPS) is 36.8. The molecule has 4 rings (SSSR count). The summed E-state index contributed by atoms with van der Waals surface area (Å²) in [5, 5.41) is 11.5. The second-order valence-corrected chi connectivity index (χ2v) is 9.16. The van der Waals surface area contributed by atoms with Crippen molar-refractivity contribution < 1.29 is 5.11 Å². The SMILES string of the molecule is C=C1/C=C\C=C/CC(CC(O)C2(CC)CC3CCCC(C3)C2)n2cncc21. The smallest absolute Gasteiger partial charge is 0.0953 e. The van der Waals surface area contributed by atoms with Gasteiger partial charge < -0.3 is 9.67 Å². The van der Waals surface area contributed by atoms with Gasteiger partial charge in [-0.15, -0.1) is 0 Å². The number of aliphatic hydroxyl groups excluding tert-OH is 1. The van der Waals surface area contributed by atoms with E-state index in [-0.39, 0.29) is 17.6 Å². The fourth-order valence-corrected chi connectivity index (χ4v) is 6.05. The number of hydrogen-bond donors (Lipinski definition) is 1. The van der Waals surface area contributed by atoms with Crippen LogP contribution in [0.15, 0.2) is 43.4 Å². The first kappa shape index (κ1) is 18.7. The van der Waals surface area contributed by atoms with Crippen LogP contribution in [0.5, 0.6) is 0 Å². The van der Waals surface area contributed by atoms with Gasteiger partial charge >= 0.3 is 0 Å². The minimum Gasteiger partial charge on any atom is -0.392 e. The topological polar surface area (TPSA) is 38.0 Å². The lowest BCUT2D eigenvalue weighted by Gasteiger charge is -2.50. The average Bonchev–Trinajstić information content (AvgIpc) is 3.16. The Morgan fingerprint density at radius 3 is 2.81 bits per heavy atom. The molecule has 0 amide bonds. The zero-order valence-electron chi connectivity index (χ0n) is 16.7. The van der Waals surface area contributed by atoms with Crippen LogP contribution in [0.2, 0.25) is 0 Å². The molecular formula is C24H34N2O. The van der Waals surface area contributed by atoms with E-state index in [0.717, 1.165) is 42.4 Å². The summed E-state index contributed by atoms with van der Waals surface area (Å²) < 4.78 is 2.23. The number of hydrogen-bond acceptors (Lipinski definition) is 2. The van der Waals surface area contributed by atoms with Crippen molar-refractivity contribution in [3.05, 3.63) is 49.1 Å². The monoisotopic (exact) mass is 366 g/mol. The summed E-state index contributed by atoms with van der Waals surface area (Å²) in [6.45, 7) is 6.49. The highest BCUT2D eigenvalue weighted by atomic mass is 16.3. The van der Waals surface area contributed by atoms with E-state index in [2.05, 4.69) is 35.2 Å². The van der Waals surface area contributed by atoms with Gasteiger partial charge in [0, 0.05) is 6.04 Å². The molecule has 0 aromatic carbocycles. The van der Waals surface area contributed by atoms with E-state index in [0.29, 0.717) is 0 Å². The second kappa shape index (κ2) is 7.79. The van der Waals surface area contributed by atoms with Crippen LogP contribution in [-0.2, 0) is 0 Å². The molecule has 1 N–H and O–H groups in total. The number of aliphatic hydroxyl groups is 1. The Bertz CT molecular complexity index is 716. The summed E-state index contributed by atoms with van der Waals surface area (Å²) in [5.41, 5.74) is 2.15. The van der Waals surface area contributed by atoms with Crippen LogP contribution in [0.25, 0.3) is 5.57 Å². The molecule has 4 atom stereocenters. The van der Waals surface area contributed by atoms with Crippen molar-refractivity contribution in [2.24, 2.45) is 17.3 Å². The molecule has 1 aromatic rings. The third-order valence-electron chi connectivity index (χ3n) is 7.53. The number of allylic oxidation sites excluding steroid dienone is 5. The Morgan fingerprint density at radius 1 is 1.30 bits per heavy atom. The number of imidazole rings is 1. The summed E-state index contributed by atoms with van der Waals surface area (Å²) in [6.07, 6.45) is 22.8. The zero-order chi connectivity index (χ0) is 18.9. The average molecular weight is 367 g/mol. The second-order valence-electron chi connectivity index (χ2n) is 9.16. The van der Waals surface area contributed by atoms with Crippen LogP contribution in [0.4, 0.5) is 0 Å². The van der Waals surface area contributed by atoms with E-state index < -0.39 is 0 Å². The van der Waals surface area contributed by atoms with E-state index in [1.54, 1.807) is 0 Å². The molecule has 3 nitrogen and oxygen atoms in total. The summed E-state index contributed by atoms with van der Waals surface area (Å²) in [5.74, 6) is 1.67. The third-order valence-corrected chi connectivity index (χ3v) is 7.53. The summed E-state index contributed by atoms with van der Waals surface area (Å²) >= 11 is 0. The van der Waals surface area contributed by atoms with Crippen LogP contribution < -0.4 is 0 Å². The highest BCUT2D eigenvalue weighted by Crippen LogP contribution is 2.53. The highest BCUT2D eigenvalue weighted by Gasteiger charge is 2.45. The van der Waals surface area contributed by atoms with Gasteiger partial charge in [0.1, 0.15) is 0 Å². The van der Waals surface area contributed by atoms with Gasteiger partial charge in [0.25, 0.3) is 0 Å². The fourth-order valence-electron chi connectivity index (χ4n) is 6.05. The minimum absolute atomic E-state index is 0.103. The quantitative estimate of drug-likeness (QED) is 0.742. The molecule has 0 radical (unpaired) electrons. The Morgan fingerprint density at radius 2 is 2.07 bits per heavy atom. The third kappa shape index (κ3) is 3.71. The van der Waals surface area contributed by atoms with E-state index in [1.165, 1.54) is 38.5 Å². The molecule has 146 valence electrons. The van der Waals surface area contributed by atoms with Crippen LogP contribution in [0.1, 0.15) is 76.4 Å². The molecule has 2 aliphatic carbocycles. The first-order valence-corrected chi connectivity index (χ1v) is 10.8. The molecule has 1 aromatic heterocycles. The molecule has 2 heterocycles. The molecule has 2 bridgehead atoms. The minimum atomic E-state index is -0.249. The number of rotatable bonds is 4. The number of aromatic nitrogens is 2. The Labute approximate surface area is 163 Å². The van der Waals surface area contributed by atoms with Crippen LogP contribution >= 0.6 is 0 Å². The lowest BCUT2D eigenvalue weighted by atomic mass is 9.57. The standard InChI is InChI=1S/C24H34N2O/c1-3-24(14-19-9-7-10-20(12-19)15-24)23(27)13-21-11-6-4-5-8-18(2)22-16-25-17-26(21)22/h4-6,8,16-17,19-21,23,27H,2-3,7,9-15H2,1H3/b6-4-,8-5-. The van der Waals surface area contributed by atoms with Gasteiger partial charge in [-0.1, -0.05) is 57.1 Å². The van der Waals surface area contributed by atoms with E-state index >= 15 is 0 Å². The predicted octanol–water partition coefficient (Wildman–Crippen LogP) is 5.70. The summed E-state index contributed by atoms with van der Waals surface area (Å²) in [6, 6.07) is 0.232. The molecular weight excluding hydrogens is 332 g/mol. The Hall–Kier alpha value is -1.61. The molecule has 4 unspecified atom stereocenters. The van der Waals surface area contributed by atoms with Crippen LogP contribution in [0.3, 0.4) is 0 Å². The molecule has 0 saturated heterocycles. The van der Waals surface area contributed by atoms with Crippen molar-refractivity contribution >= 4 is 5.57 Å². The predicted molar refractivity (Wildman–Crippen MR) is 111 cm³/mol. The number of nitrogens with zero attached hydrogens (tertiary/aromatic N) is 2. The molecule has 0 spiro atoms. The van der Waals surface area contributed by atoms with Crippen molar-refractivity contribution in [2.75, 3.05) is 0 Å². The highest BCUT2D eigenvalue weighted by molar-refractivity contribution is 5.70. The van der Waals surface area contributed by atoms with Crippen molar-refractivity contribution in [3.8, 4) is 0 Å². The molecule has 2 fully saturated rings. The van der Waals surface area contributed by atoms with Gasteiger partial charge in [-0.3, -0.25) is 0 Å². The van der Waals surface area contributed by atoms with Gasteiger partial charge in [-0.25, -0.2) is 4.98 Å². The Kier molecular flexibility index (Phi) is 5.41. The fraction of sp³-hybridized carbons (Fsp3) is 0.625. The van der Waals surface area contributed by atoms with Crippen molar-refractivity contribution in [3.63, 3.8) is 0 Å². The molecule has 1 aliphatic heterocycles. The van der Waals surface area contributed by atoms with Gasteiger partial charge in [-0.05, 0) is 61.3 Å². The van der Waals surface area contributed by atoms with Gasteiger partial charge in [0.15, 0.2) is 0 Å². The largest absolute Gasteiger partial charge is 0.392 e. The van der Waals surface area contributed by atoms with Crippen LogP contribution in [-0.4, -0.2) is 20.8 Å². The zero-order valence-corrected chi connectivity index (χ0v) is 16.7. The maximum absolute atomic E-state index is 11.5. The van der Waals surface area contributed by atoms with Crippen molar-refractivity contribution in [1.29, 1.82) is 0 Å². The lowest BCUT2D eigenvalue weighted by Crippen LogP contribution is -2.44. The summed E-state index contributed by atoms with van der Waals surface area (Å²) in [7, 11) is 0. The Balaban J connectivity index is 1.57. The van der Waals surface area contributed by atoms with Crippen LogP contribution in [0, 0.1) is 17.3 Å². The van der Waals surface area contributed by atoms with Crippen molar-refractivity contribution in [2.45, 2.75) is 76.9 Å². The van der Waals surface area contributed by atoms with Gasteiger partial charge in [-0.2, -0.15) is 0 Å². The molecule has 2 saturated carbocycles. The number of fused-ring (bicyclic) bond motifs is 3.